The largest absolute Gasteiger partial charge is 0.335 e. The van der Waals surface area contributed by atoms with E-state index in [1.807, 2.05) is 58.9 Å². The Morgan fingerprint density at radius 2 is 1.69 bits per heavy atom. The molecule has 0 N–H and O–H groups in total. The highest BCUT2D eigenvalue weighted by Gasteiger charge is 2.29. The lowest BCUT2D eigenvalue weighted by atomic mass is 10.1. The zero-order valence-electron chi connectivity index (χ0n) is 10.4. The number of hydrogen-bond donors (Lipinski definition) is 0. The molecule has 1 aromatic carbocycles. The number of rotatable bonds is 0. The fourth-order valence-electron chi connectivity index (χ4n) is 1.63. The SMILES string of the molecule is C=O.CC.CC1c2ccccc2C(=O)N1C. The lowest BCUT2D eigenvalue weighted by Gasteiger charge is -2.14. The van der Waals surface area contributed by atoms with Gasteiger partial charge in [-0.15, -0.1) is 0 Å². The molecule has 1 unspecified atom stereocenters. The molecule has 1 aromatic rings. The second-order valence-corrected chi connectivity index (χ2v) is 3.18. The van der Waals surface area contributed by atoms with Crippen LogP contribution in [0.2, 0.25) is 0 Å². The summed E-state index contributed by atoms with van der Waals surface area (Å²) in [5, 5.41) is 0. The van der Waals surface area contributed by atoms with Gasteiger partial charge in [0.1, 0.15) is 6.79 Å². The van der Waals surface area contributed by atoms with Crippen molar-refractivity contribution in [2.75, 3.05) is 7.05 Å². The van der Waals surface area contributed by atoms with Gasteiger partial charge in [0.05, 0.1) is 6.04 Å². The fourth-order valence-corrected chi connectivity index (χ4v) is 1.63. The summed E-state index contributed by atoms with van der Waals surface area (Å²) in [6, 6.07) is 8.01. The molecule has 0 radical (unpaired) electrons. The van der Waals surface area contributed by atoms with E-state index in [1.165, 1.54) is 0 Å². The quantitative estimate of drug-likeness (QED) is 0.675. The van der Waals surface area contributed by atoms with Gasteiger partial charge in [-0.25, -0.2) is 0 Å². The van der Waals surface area contributed by atoms with E-state index in [1.54, 1.807) is 4.90 Å². The summed E-state index contributed by atoms with van der Waals surface area (Å²) in [7, 11) is 1.84. The summed E-state index contributed by atoms with van der Waals surface area (Å²) in [5.74, 6) is 0.137. The summed E-state index contributed by atoms with van der Waals surface area (Å²) in [6.07, 6.45) is 0. The first-order valence-electron chi connectivity index (χ1n) is 5.37. The highest BCUT2D eigenvalue weighted by atomic mass is 16.2. The summed E-state index contributed by atoms with van der Waals surface area (Å²) in [6.45, 7) is 8.05. The molecule has 0 spiro atoms. The second kappa shape index (κ2) is 6.77. The van der Waals surface area contributed by atoms with E-state index in [9.17, 15) is 4.79 Å². The topological polar surface area (TPSA) is 37.4 Å². The van der Waals surface area contributed by atoms with Crippen LogP contribution in [0.4, 0.5) is 0 Å². The third-order valence-corrected chi connectivity index (χ3v) is 2.54. The van der Waals surface area contributed by atoms with Gasteiger partial charge in [0.2, 0.25) is 0 Å². The predicted molar refractivity (Wildman–Crippen MR) is 65.4 cm³/mol. The third kappa shape index (κ3) is 2.48. The maximum Gasteiger partial charge on any atom is 0.254 e. The lowest BCUT2D eigenvalue weighted by molar-refractivity contribution is -0.0979. The normalized spacial score (nSPS) is 16.6. The Morgan fingerprint density at radius 1 is 1.19 bits per heavy atom. The molecule has 0 saturated heterocycles. The minimum atomic E-state index is 0.137. The first-order chi connectivity index (χ1) is 7.72. The number of carbonyl (C=O) groups is 2. The molecule has 3 heteroatoms. The Balaban J connectivity index is 0.000000509. The van der Waals surface area contributed by atoms with Gasteiger partial charge >= 0.3 is 0 Å². The Labute approximate surface area is 97.1 Å². The molecule has 1 atom stereocenters. The van der Waals surface area contributed by atoms with E-state index in [4.69, 9.17) is 4.79 Å². The average molecular weight is 221 g/mol. The third-order valence-electron chi connectivity index (χ3n) is 2.54. The van der Waals surface area contributed by atoms with Crippen molar-refractivity contribution in [2.45, 2.75) is 26.8 Å². The molecule has 2 rings (SSSR count). The van der Waals surface area contributed by atoms with Crippen LogP contribution in [0.5, 0.6) is 0 Å². The van der Waals surface area contributed by atoms with Gasteiger partial charge in [-0.2, -0.15) is 0 Å². The van der Waals surface area contributed by atoms with Crippen molar-refractivity contribution < 1.29 is 9.59 Å². The highest BCUT2D eigenvalue weighted by molar-refractivity contribution is 5.98. The van der Waals surface area contributed by atoms with Gasteiger partial charge < -0.3 is 9.69 Å². The summed E-state index contributed by atoms with van der Waals surface area (Å²) >= 11 is 0. The Hall–Kier alpha value is -1.64. The number of carbonyl (C=O) groups excluding carboxylic acids is 2. The molecular formula is C13H19NO2. The predicted octanol–water partition coefficient (Wildman–Crippen LogP) is 2.67. The molecule has 0 aliphatic carbocycles. The number of amides is 1. The molecule has 1 amide bonds. The van der Waals surface area contributed by atoms with Crippen LogP contribution in [0.25, 0.3) is 0 Å². The van der Waals surface area contributed by atoms with E-state index >= 15 is 0 Å². The molecule has 0 fully saturated rings. The molecule has 1 aliphatic heterocycles. The van der Waals surface area contributed by atoms with Crippen LogP contribution in [-0.2, 0) is 4.79 Å². The van der Waals surface area contributed by atoms with Crippen LogP contribution in [0.15, 0.2) is 24.3 Å². The molecule has 16 heavy (non-hydrogen) atoms. The number of benzene rings is 1. The van der Waals surface area contributed by atoms with Crippen molar-refractivity contribution in [1.82, 2.24) is 4.90 Å². The lowest BCUT2D eigenvalue weighted by Crippen LogP contribution is -2.20. The molecule has 3 nitrogen and oxygen atoms in total. The van der Waals surface area contributed by atoms with Crippen LogP contribution in [0.3, 0.4) is 0 Å². The van der Waals surface area contributed by atoms with Crippen LogP contribution in [0.1, 0.15) is 42.7 Å². The fraction of sp³-hybridized carbons (Fsp3) is 0.385. The van der Waals surface area contributed by atoms with E-state index in [-0.39, 0.29) is 11.9 Å². The van der Waals surface area contributed by atoms with Crippen LogP contribution >= 0.6 is 0 Å². The van der Waals surface area contributed by atoms with Gasteiger partial charge in [0, 0.05) is 12.6 Å². The first kappa shape index (κ1) is 14.4. The zero-order chi connectivity index (χ0) is 12.7. The van der Waals surface area contributed by atoms with Gasteiger partial charge in [0.25, 0.3) is 5.91 Å². The second-order valence-electron chi connectivity index (χ2n) is 3.18. The Morgan fingerprint density at radius 3 is 2.19 bits per heavy atom. The number of hydrogen-bond acceptors (Lipinski definition) is 2. The monoisotopic (exact) mass is 221 g/mol. The molecule has 0 aromatic heterocycles. The molecule has 0 saturated carbocycles. The molecule has 1 heterocycles. The van der Waals surface area contributed by atoms with Crippen LogP contribution in [0, 0.1) is 0 Å². The van der Waals surface area contributed by atoms with Crippen molar-refractivity contribution in [2.24, 2.45) is 0 Å². The Kier molecular flexibility index (Phi) is 6.08. The van der Waals surface area contributed by atoms with Crippen LogP contribution < -0.4 is 0 Å². The molecule has 1 aliphatic rings. The van der Waals surface area contributed by atoms with Crippen LogP contribution in [-0.4, -0.2) is 24.6 Å². The summed E-state index contributed by atoms with van der Waals surface area (Å²) in [4.78, 5) is 21.3. The summed E-state index contributed by atoms with van der Waals surface area (Å²) in [5.41, 5.74) is 2.00. The standard InChI is InChI=1S/C10H11NO.C2H6.CH2O/c1-7-8-5-3-4-6-9(8)10(12)11(7)2;2*1-2/h3-7H,1-2H3;1-2H3;1H2. The number of fused-ring (bicyclic) bond motifs is 1. The summed E-state index contributed by atoms with van der Waals surface area (Å²) < 4.78 is 0. The molecular weight excluding hydrogens is 202 g/mol. The Bertz CT molecular complexity index is 350. The van der Waals surface area contributed by atoms with Gasteiger partial charge in [0.15, 0.2) is 0 Å². The van der Waals surface area contributed by atoms with Gasteiger partial charge in [-0.3, -0.25) is 4.79 Å². The van der Waals surface area contributed by atoms with Crippen molar-refractivity contribution in [1.29, 1.82) is 0 Å². The van der Waals surface area contributed by atoms with Gasteiger partial charge in [-0.05, 0) is 18.6 Å². The molecule has 88 valence electrons. The van der Waals surface area contributed by atoms with Crippen molar-refractivity contribution in [3.8, 4) is 0 Å². The van der Waals surface area contributed by atoms with E-state index < -0.39 is 0 Å². The van der Waals surface area contributed by atoms with Crippen molar-refractivity contribution >= 4 is 12.7 Å². The average Bonchev–Trinajstić information content (AvgIpc) is 2.60. The van der Waals surface area contributed by atoms with E-state index in [0.717, 1.165) is 11.1 Å². The highest BCUT2D eigenvalue weighted by Crippen LogP contribution is 2.30. The number of nitrogens with zero attached hydrogens (tertiary/aromatic N) is 1. The first-order valence-corrected chi connectivity index (χ1v) is 5.37. The van der Waals surface area contributed by atoms with Crippen molar-refractivity contribution in [3.05, 3.63) is 35.4 Å². The zero-order valence-corrected chi connectivity index (χ0v) is 10.4. The maximum absolute atomic E-state index is 11.5. The maximum atomic E-state index is 11.5. The van der Waals surface area contributed by atoms with Gasteiger partial charge in [-0.1, -0.05) is 32.0 Å². The van der Waals surface area contributed by atoms with Crippen molar-refractivity contribution in [3.63, 3.8) is 0 Å². The minimum Gasteiger partial charge on any atom is -0.335 e. The minimum absolute atomic E-state index is 0.137. The van der Waals surface area contributed by atoms with E-state index in [2.05, 4.69) is 0 Å². The molecule has 0 bridgehead atoms. The smallest absolute Gasteiger partial charge is 0.254 e. The van der Waals surface area contributed by atoms with E-state index in [0.29, 0.717) is 0 Å².